The third-order valence-electron chi connectivity index (χ3n) is 3.75. The van der Waals surface area contributed by atoms with Gasteiger partial charge in [0.2, 0.25) is 0 Å². The molecule has 112 valence electrons. The largest absolute Gasteiger partial charge is 0.508 e. The molecule has 1 aliphatic carbocycles. The standard InChI is InChI=1S/C16H20N2O3/c1-16(2,3)21-15(20)18-13-9-11(19)7-8-12(13)14(17-18)10-5-4-6-10/h7-10,19H,4-6H2,1-3H3. The van der Waals surface area contributed by atoms with E-state index in [4.69, 9.17) is 4.74 Å². The molecule has 2 aromatic rings. The molecule has 0 spiro atoms. The van der Waals surface area contributed by atoms with Crippen LogP contribution in [0.5, 0.6) is 5.75 Å². The maximum Gasteiger partial charge on any atom is 0.435 e. The number of fused-ring (bicyclic) bond motifs is 1. The summed E-state index contributed by atoms with van der Waals surface area (Å²) in [5.74, 6) is 0.521. The van der Waals surface area contributed by atoms with Crippen molar-refractivity contribution in [1.82, 2.24) is 9.78 Å². The summed E-state index contributed by atoms with van der Waals surface area (Å²) in [4.78, 5) is 12.3. The first-order valence-electron chi connectivity index (χ1n) is 7.30. The van der Waals surface area contributed by atoms with E-state index in [9.17, 15) is 9.90 Å². The second-order valence-electron chi connectivity index (χ2n) is 6.61. The van der Waals surface area contributed by atoms with Crippen molar-refractivity contribution in [3.8, 4) is 5.75 Å². The van der Waals surface area contributed by atoms with Crippen LogP contribution >= 0.6 is 0 Å². The molecule has 5 nitrogen and oxygen atoms in total. The van der Waals surface area contributed by atoms with Gasteiger partial charge in [-0.3, -0.25) is 0 Å². The van der Waals surface area contributed by atoms with Gasteiger partial charge in [-0.15, -0.1) is 0 Å². The molecule has 0 unspecified atom stereocenters. The van der Waals surface area contributed by atoms with Gasteiger partial charge in [0.05, 0.1) is 11.2 Å². The van der Waals surface area contributed by atoms with Crippen LogP contribution in [0.25, 0.3) is 10.9 Å². The molecule has 1 saturated carbocycles. The van der Waals surface area contributed by atoms with Gasteiger partial charge < -0.3 is 9.84 Å². The predicted molar refractivity (Wildman–Crippen MR) is 79.6 cm³/mol. The molecule has 1 aromatic heterocycles. The minimum Gasteiger partial charge on any atom is -0.508 e. The fourth-order valence-corrected chi connectivity index (χ4v) is 2.55. The molecule has 0 radical (unpaired) electrons. The normalized spacial score (nSPS) is 16.0. The van der Waals surface area contributed by atoms with Crippen LogP contribution in [0, 0.1) is 0 Å². The Morgan fingerprint density at radius 3 is 2.67 bits per heavy atom. The summed E-state index contributed by atoms with van der Waals surface area (Å²) in [6, 6.07) is 5.02. The van der Waals surface area contributed by atoms with Crippen molar-refractivity contribution < 1.29 is 14.6 Å². The van der Waals surface area contributed by atoms with Gasteiger partial charge in [0, 0.05) is 17.4 Å². The van der Waals surface area contributed by atoms with Crippen LogP contribution in [0.1, 0.15) is 51.6 Å². The Bertz CT molecular complexity index is 693. The Morgan fingerprint density at radius 2 is 2.10 bits per heavy atom. The molecule has 0 saturated heterocycles. The van der Waals surface area contributed by atoms with E-state index < -0.39 is 11.7 Å². The van der Waals surface area contributed by atoms with Crippen LogP contribution in [-0.4, -0.2) is 26.6 Å². The number of carbonyl (C=O) groups excluding carboxylic acids is 1. The lowest BCUT2D eigenvalue weighted by Crippen LogP contribution is -2.28. The molecule has 21 heavy (non-hydrogen) atoms. The number of hydrogen-bond acceptors (Lipinski definition) is 4. The first-order chi connectivity index (χ1) is 9.85. The van der Waals surface area contributed by atoms with Crippen molar-refractivity contribution in [3.05, 3.63) is 23.9 Å². The topological polar surface area (TPSA) is 64.4 Å². The van der Waals surface area contributed by atoms with E-state index in [2.05, 4.69) is 5.10 Å². The fourth-order valence-electron chi connectivity index (χ4n) is 2.55. The predicted octanol–water partition coefficient (Wildman–Crippen LogP) is 3.79. The van der Waals surface area contributed by atoms with E-state index in [1.165, 1.54) is 11.1 Å². The average molecular weight is 288 g/mol. The number of ether oxygens (including phenoxy) is 1. The number of phenols is 1. The molecule has 1 fully saturated rings. The Kier molecular flexibility index (Phi) is 3.15. The molecule has 1 aromatic carbocycles. The number of carbonyl (C=O) groups is 1. The van der Waals surface area contributed by atoms with E-state index in [0.29, 0.717) is 11.4 Å². The summed E-state index contributed by atoms with van der Waals surface area (Å²) in [6.07, 6.45) is 2.88. The molecule has 1 N–H and O–H groups in total. The first kappa shape index (κ1) is 13.9. The summed E-state index contributed by atoms with van der Waals surface area (Å²) < 4.78 is 6.67. The molecule has 1 heterocycles. The number of hydrogen-bond donors (Lipinski definition) is 1. The number of phenolic OH excluding ortho intramolecular Hbond substituents is 1. The Hall–Kier alpha value is -2.04. The zero-order valence-corrected chi connectivity index (χ0v) is 12.6. The van der Waals surface area contributed by atoms with Crippen molar-refractivity contribution in [1.29, 1.82) is 0 Å². The van der Waals surface area contributed by atoms with Crippen molar-refractivity contribution in [2.75, 3.05) is 0 Å². The minimum absolute atomic E-state index is 0.118. The van der Waals surface area contributed by atoms with Gasteiger partial charge in [0.15, 0.2) is 0 Å². The van der Waals surface area contributed by atoms with Crippen molar-refractivity contribution in [2.45, 2.75) is 51.6 Å². The van der Waals surface area contributed by atoms with Crippen LogP contribution in [-0.2, 0) is 4.74 Å². The molecule has 0 aliphatic heterocycles. The van der Waals surface area contributed by atoms with Gasteiger partial charge in [-0.2, -0.15) is 9.78 Å². The van der Waals surface area contributed by atoms with Gasteiger partial charge >= 0.3 is 6.09 Å². The fraction of sp³-hybridized carbons (Fsp3) is 0.500. The van der Waals surface area contributed by atoms with Crippen molar-refractivity contribution >= 4 is 17.0 Å². The van der Waals surface area contributed by atoms with Crippen LogP contribution in [0.3, 0.4) is 0 Å². The monoisotopic (exact) mass is 288 g/mol. The van der Waals surface area contributed by atoms with Crippen LogP contribution in [0.2, 0.25) is 0 Å². The van der Waals surface area contributed by atoms with E-state index in [-0.39, 0.29) is 5.75 Å². The molecule has 5 heteroatoms. The van der Waals surface area contributed by atoms with Gasteiger partial charge in [0.25, 0.3) is 0 Å². The lowest BCUT2D eigenvalue weighted by Gasteiger charge is -2.23. The summed E-state index contributed by atoms with van der Waals surface area (Å²) >= 11 is 0. The van der Waals surface area contributed by atoms with Crippen molar-refractivity contribution in [3.63, 3.8) is 0 Å². The number of aromatic hydroxyl groups is 1. The molecular weight excluding hydrogens is 268 g/mol. The second-order valence-corrected chi connectivity index (χ2v) is 6.61. The first-order valence-corrected chi connectivity index (χ1v) is 7.30. The van der Waals surface area contributed by atoms with Gasteiger partial charge in [0.1, 0.15) is 11.4 Å². The van der Waals surface area contributed by atoms with E-state index in [1.54, 1.807) is 12.1 Å². The summed E-state index contributed by atoms with van der Waals surface area (Å²) in [6.45, 7) is 5.46. The lowest BCUT2D eigenvalue weighted by atomic mass is 9.82. The average Bonchev–Trinajstić information content (AvgIpc) is 2.63. The molecular formula is C16H20N2O3. The number of nitrogens with zero attached hydrogens (tertiary/aromatic N) is 2. The van der Waals surface area contributed by atoms with E-state index in [1.807, 2.05) is 26.8 Å². The summed E-state index contributed by atoms with van der Waals surface area (Å²) in [5.41, 5.74) is 0.955. The highest BCUT2D eigenvalue weighted by Gasteiger charge is 2.28. The third kappa shape index (κ3) is 2.60. The highest BCUT2D eigenvalue weighted by Crippen LogP contribution is 2.39. The van der Waals surface area contributed by atoms with E-state index >= 15 is 0 Å². The number of rotatable bonds is 1. The van der Waals surface area contributed by atoms with Gasteiger partial charge in [-0.25, -0.2) is 4.79 Å². The quantitative estimate of drug-likeness (QED) is 0.867. The highest BCUT2D eigenvalue weighted by atomic mass is 16.6. The summed E-state index contributed by atoms with van der Waals surface area (Å²) in [7, 11) is 0. The smallest absolute Gasteiger partial charge is 0.435 e. The maximum absolute atomic E-state index is 12.3. The number of benzene rings is 1. The third-order valence-corrected chi connectivity index (χ3v) is 3.75. The van der Waals surface area contributed by atoms with E-state index in [0.717, 1.165) is 23.9 Å². The van der Waals surface area contributed by atoms with Crippen LogP contribution < -0.4 is 0 Å². The van der Waals surface area contributed by atoms with Crippen LogP contribution in [0.4, 0.5) is 4.79 Å². The minimum atomic E-state index is -0.581. The molecule has 1 aliphatic rings. The van der Waals surface area contributed by atoms with Crippen molar-refractivity contribution in [2.24, 2.45) is 0 Å². The molecule has 3 rings (SSSR count). The Morgan fingerprint density at radius 1 is 1.38 bits per heavy atom. The second kappa shape index (κ2) is 4.76. The molecule has 0 atom stereocenters. The zero-order valence-electron chi connectivity index (χ0n) is 12.6. The molecule has 0 amide bonds. The SMILES string of the molecule is CC(C)(C)OC(=O)n1nc(C2CCC2)c2ccc(O)cc21. The molecule has 0 bridgehead atoms. The van der Waals surface area contributed by atoms with Gasteiger partial charge in [-0.05, 0) is 45.7 Å². The number of aromatic nitrogens is 2. The lowest BCUT2D eigenvalue weighted by molar-refractivity contribution is 0.0521. The Labute approximate surface area is 123 Å². The highest BCUT2D eigenvalue weighted by molar-refractivity contribution is 5.91. The zero-order chi connectivity index (χ0) is 15.2. The summed E-state index contributed by atoms with van der Waals surface area (Å²) in [5, 5.41) is 15.1. The van der Waals surface area contributed by atoms with Crippen LogP contribution in [0.15, 0.2) is 18.2 Å². The van der Waals surface area contributed by atoms with Gasteiger partial charge in [-0.1, -0.05) is 6.42 Å². The Balaban J connectivity index is 2.08. The maximum atomic E-state index is 12.3.